The van der Waals surface area contributed by atoms with Gasteiger partial charge in [-0.1, -0.05) is 11.8 Å². The largest absolute Gasteiger partial charge is 0.353 e. The maximum Gasteiger partial charge on any atom is 0.267 e. The van der Waals surface area contributed by atoms with Crippen molar-refractivity contribution in [3.63, 3.8) is 0 Å². The third kappa shape index (κ3) is 4.59. The number of nitrogens with zero attached hydrogens (tertiary/aromatic N) is 6. The molecule has 1 amide bonds. The molecule has 27 heavy (non-hydrogen) atoms. The number of hydrogen-bond acceptors (Lipinski definition) is 7. The number of carbonyl (C=O) groups is 1. The summed E-state index contributed by atoms with van der Waals surface area (Å²) in [6, 6.07) is 5.92. The zero-order valence-corrected chi connectivity index (χ0v) is 15.8. The summed E-state index contributed by atoms with van der Waals surface area (Å²) in [5.41, 5.74) is 1.10. The van der Waals surface area contributed by atoms with E-state index in [2.05, 4.69) is 25.6 Å². The second-order valence-electron chi connectivity index (χ2n) is 5.78. The first-order valence-electron chi connectivity index (χ1n) is 8.31. The Labute approximate surface area is 159 Å². The second-order valence-corrected chi connectivity index (χ2v) is 6.84. The van der Waals surface area contributed by atoms with Gasteiger partial charge in [-0.3, -0.25) is 14.6 Å². The molecule has 9 nitrogen and oxygen atoms in total. The molecule has 0 aliphatic heterocycles. The number of pyridine rings is 1. The molecule has 0 bridgehead atoms. The van der Waals surface area contributed by atoms with Crippen LogP contribution in [-0.2, 0) is 11.8 Å². The van der Waals surface area contributed by atoms with Crippen molar-refractivity contribution in [3.8, 4) is 11.3 Å². The zero-order chi connectivity index (χ0) is 19.2. The zero-order valence-electron chi connectivity index (χ0n) is 14.9. The van der Waals surface area contributed by atoms with Gasteiger partial charge in [-0.15, -0.1) is 10.2 Å². The summed E-state index contributed by atoms with van der Waals surface area (Å²) in [6.07, 6.45) is 4.92. The molecule has 140 valence electrons. The first kappa shape index (κ1) is 18.8. The van der Waals surface area contributed by atoms with Gasteiger partial charge in [-0.05, 0) is 25.1 Å². The lowest BCUT2D eigenvalue weighted by Gasteiger charge is -2.15. The third-order valence-corrected chi connectivity index (χ3v) is 4.89. The third-order valence-electron chi connectivity index (χ3n) is 3.85. The Balaban J connectivity index is 1.62. The Bertz CT molecular complexity index is 971. The van der Waals surface area contributed by atoms with Crippen LogP contribution in [0.3, 0.4) is 0 Å². The van der Waals surface area contributed by atoms with Crippen molar-refractivity contribution in [1.29, 1.82) is 0 Å². The lowest BCUT2D eigenvalue weighted by molar-refractivity contribution is -0.124. The molecule has 0 fully saturated rings. The molecule has 0 aliphatic carbocycles. The van der Waals surface area contributed by atoms with Crippen molar-refractivity contribution < 1.29 is 4.79 Å². The van der Waals surface area contributed by atoms with Gasteiger partial charge in [0.05, 0.1) is 5.69 Å². The quantitative estimate of drug-likeness (QED) is 0.476. The lowest BCUT2D eigenvalue weighted by atomic mass is 10.2. The molecule has 0 spiro atoms. The summed E-state index contributed by atoms with van der Waals surface area (Å²) in [5.74, 6) is 0.375. The molecular formula is C17H19N7O2S. The molecule has 1 unspecified atom stereocenters. The monoisotopic (exact) mass is 385 g/mol. The van der Waals surface area contributed by atoms with Crippen molar-refractivity contribution in [1.82, 2.24) is 34.8 Å². The van der Waals surface area contributed by atoms with Crippen LogP contribution in [-0.4, -0.2) is 47.7 Å². The first-order valence-corrected chi connectivity index (χ1v) is 9.29. The van der Waals surface area contributed by atoms with Gasteiger partial charge in [0.25, 0.3) is 5.56 Å². The van der Waals surface area contributed by atoms with Crippen LogP contribution < -0.4 is 10.9 Å². The number of aryl methyl sites for hydroxylation is 1. The fourth-order valence-corrected chi connectivity index (χ4v) is 3.10. The maximum atomic E-state index is 12.4. The van der Waals surface area contributed by atoms with Crippen molar-refractivity contribution in [2.45, 2.75) is 18.1 Å². The minimum Gasteiger partial charge on any atom is -0.353 e. The van der Waals surface area contributed by atoms with Crippen LogP contribution in [0, 0.1) is 0 Å². The van der Waals surface area contributed by atoms with E-state index < -0.39 is 6.04 Å². The lowest BCUT2D eigenvalue weighted by Crippen LogP contribution is -2.37. The summed E-state index contributed by atoms with van der Waals surface area (Å²) in [7, 11) is 1.86. The van der Waals surface area contributed by atoms with E-state index >= 15 is 0 Å². The minimum absolute atomic E-state index is 0.268. The number of amides is 1. The van der Waals surface area contributed by atoms with E-state index in [1.165, 1.54) is 22.5 Å². The SMILES string of the molecule is CC(C(=O)NCCSc1nncn1C)n1nc(-c2ccncc2)ccc1=O. The highest BCUT2D eigenvalue weighted by molar-refractivity contribution is 7.99. The molecule has 3 heterocycles. The van der Waals surface area contributed by atoms with Gasteiger partial charge in [-0.25, -0.2) is 4.68 Å². The van der Waals surface area contributed by atoms with Crippen LogP contribution >= 0.6 is 11.8 Å². The fraction of sp³-hybridized carbons (Fsp3) is 0.294. The predicted molar refractivity (Wildman–Crippen MR) is 101 cm³/mol. The number of carbonyl (C=O) groups excluding carboxylic acids is 1. The summed E-state index contributed by atoms with van der Waals surface area (Å²) >= 11 is 1.49. The van der Waals surface area contributed by atoms with Gasteiger partial charge in [0.2, 0.25) is 5.91 Å². The standard InChI is InChI=1S/C17H19N7O2S/c1-12(16(26)19-9-10-27-17-21-20-11-23(17)2)24-15(25)4-3-14(22-24)13-5-7-18-8-6-13/h3-8,11-12H,9-10H2,1-2H3,(H,19,26). The van der Waals surface area contributed by atoms with Crippen molar-refractivity contribution in [2.24, 2.45) is 7.05 Å². The van der Waals surface area contributed by atoms with Gasteiger partial charge in [-0.2, -0.15) is 5.10 Å². The second kappa shape index (κ2) is 8.58. The molecule has 1 N–H and O–H groups in total. The van der Waals surface area contributed by atoms with E-state index in [1.807, 2.05) is 11.6 Å². The van der Waals surface area contributed by atoms with E-state index in [-0.39, 0.29) is 11.5 Å². The van der Waals surface area contributed by atoms with E-state index in [0.717, 1.165) is 10.7 Å². The molecule has 0 aromatic carbocycles. The normalized spacial score (nSPS) is 11.9. The van der Waals surface area contributed by atoms with Gasteiger partial charge >= 0.3 is 0 Å². The van der Waals surface area contributed by atoms with E-state index in [4.69, 9.17) is 0 Å². The number of nitrogens with one attached hydrogen (secondary N) is 1. The van der Waals surface area contributed by atoms with Crippen LogP contribution in [0.1, 0.15) is 13.0 Å². The predicted octanol–water partition coefficient (Wildman–Crippen LogP) is 0.903. The van der Waals surface area contributed by atoms with Crippen molar-refractivity contribution in [3.05, 3.63) is 53.3 Å². The molecule has 1 atom stereocenters. The summed E-state index contributed by atoms with van der Waals surface area (Å²) in [4.78, 5) is 28.5. The number of aromatic nitrogens is 6. The van der Waals surface area contributed by atoms with Crippen LogP contribution in [0.2, 0.25) is 0 Å². The summed E-state index contributed by atoms with van der Waals surface area (Å²) in [5, 5.41) is 15.7. The average Bonchev–Trinajstić information content (AvgIpc) is 3.10. The number of hydrogen-bond donors (Lipinski definition) is 1. The van der Waals surface area contributed by atoms with E-state index in [1.54, 1.807) is 43.8 Å². The average molecular weight is 385 g/mol. The highest BCUT2D eigenvalue weighted by Gasteiger charge is 2.17. The fourth-order valence-electron chi connectivity index (χ4n) is 2.36. The molecule has 3 aromatic heterocycles. The summed E-state index contributed by atoms with van der Waals surface area (Å²) < 4.78 is 3.00. The van der Waals surface area contributed by atoms with E-state index in [0.29, 0.717) is 18.0 Å². The first-order chi connectivity index (χ1) is 13.1. The Morgan fingerprint density at radius 1 is 1.26 bits per heavy atom. The molecular weight excluding hydrogens is 366 g/mol. The smallest absolute Gasteiger partial charge is 0.267 e. The van der Waals surface area contributed by atoms with Crippen LogP contribution in [0.25, 0.3) is 11.3 Å². The Hall–Kier alpha value is -3.01. The van der Waals surface area contributed by atoms with Crippen LogP contribution in [0.4, 0.5) is 0 Å². The topological polar surface area (TPSA) is 108 Å². The Morgan fingerprint density at radius 3 is 2.74 bits per heavy atom. The molecule has 0 radical (unpaired) electrons. The number of thioether (sulfide) groups is 1. The van der Waals surface area contributed by atoms with Gasteiger partial charge in [0, 0.05) is 43.4 Å². The maximum absolute atomic E-state index is 12.4. The molecule has 0 saturated heterocycles. The van der Waals surface area contributed by atoms with Crippen LogP contribution in [0.5, 0.6) is 0 Å². The molecule has 3 aromatic rings. The summed E-state index contributed by atoms with van der Waals surface area (Å²) in [6.45, 7) is 2.09. The van der Waals surface area contributed by atoms with Gasteiger partial charge in [0.1, 0.15) is 12.4 Å². The van der Waals surface area contributed by atoms with Crippen LogP contribution in [0.15, 0.2) is 52.9 Å². The number of rotatable bonds is 7. The minimum atomic E-state index is -0.723. The van der Waals surface area contributed by atoms with Crippen molar-refractivity contribution >= 4 is 17.7 Å². The van der Waals surface area contributed by atoms with Crippen molar-refractivity contribution in [2.75, 3.05) is 12.3 Å². The van der Waals surface area contributed by atoms with Gasteiger partial charge < -0.3 is 9.88 Å². The Kier molecular flexibility index (Phi) is 5.97. The highest BCUT2D eigenvalue weighted by atomic mass is 32.2. The van der Waals surface area contributed by atoms with Gasteiger partial charge in [0.15, 0.2) is 5.16 Å². The highest BCUT2D eigenvalue weighted by Crippen LogP contribution is 2.15. The molecule has 0 aliphatic rings. The molecule has 3 rings (SSSR count). The molecule has 0 saturated carbocycles. The molecule has 10 heteroatoms. The Morgan fingerprint density at radius 2 is 2.04 bits per heavy atom. The van der Waals surface area contributed by atoms with E-state index in [9.17, 15) is 9.59 Å².